The van der Waals surface area contributed by atoms with Crippen LogP contribution in [0.5, 0.6) is 0 Å². The number of nitrogens with one attached hydrogen (secondary N) is 1. The molecule has 1 aromatic rings. The molecule has 94 valence electrons. The van der Waals surface area contributed by atoms with Crippen LogP contribution >= 0.6 is 0 Å². The summed E-state index contributed by atoms with van der Waals surface area (Å²) in [6.07, 6.45) is 3.24. The monoisotopic (exact) mass is 253 g/mol. The van der Waals surface area contributed by atoms with Gasteiger partial charge in [0, 0.05) is 6.04 Å². The molecule has 1 aliphatic heterocycles. The van der Waals surface area contributed by atoms with Crippen molar-refractivity contribution in [2.24, 2.45) is 0 Å². The molecule has 0 bridgehead atoms. The molecule has 2 rings (SSSR count). The summed E-state index contributed by atoms with van der Waals surface area (Å²) in [4.78, 5) is 0.449. The summed E-state index contributed by atoms with van der Waals surface area (Å²) >= 11 is 0. The average Bonchev–Trinajstić information content (AvgIpc) is 2.30. The van der Waals surface area contributed by atoms with E-state index in [9.17, 15) is 8.42 Å². The number of benzene rings is 1. The predicted octanol–water partition coefficient (Wildman–Crippen LogP) is 1.91. The molecule has 1 N–H and O–H groups in total. The minimum absolute atomic E-state index is 0.120. The fourth-order valence-corrected chi connectivity index (χ4v) is 3.89. The molecule has 17 heavy (non-hydrogen) atoms. The van der Waals surface area contributed by atoms with Gasteiger partial charge < -0.3 is 5.32 Å². The van der Waals surface area contributed by atoms with Crippen molar-refractivity contribution in [1.82, 2.24) is 5.32 Å². The molecular weight excluding hydrogens is 234 g/mol. The summed E-state index contributed by atoms with van der Waals surface area (Å²) < 4.78 is 24.4. The van der Waals surface area contributed by atoms with E-state index in [1.54, 1.807) is 18.2 Å². The van der Waals surface area contributed by atoms with Gasteiger partial charge in [-0.05, 0) is 44.0 Å². The lowest BCUT2D eigenvalue weighted by molar-refractivity contribution is 0.423. The molecule has 0 amide bonds. The fourth-order valence-electron chi connectivity index (χ4n) is 2.24. The van der Waals surface area contributed by atoms with Gasteiger partial charge in [0.25, 0.3) is 0 Å². The third-order valence-electron chi connectivity index (χ3n) is 3.18. The van der Waals surface area contributed by atoms with E-state index in [1.807, 2.05) is 13.0 Å². The molecular formula is C13H19NO2S. The van der Waals surface area contributed by atoms with Crippen molar-refractivity contribution in [1.29, 1.82) is 0 Å². The van der Waals surface area contributed by atoms with E-state index in [0.717, 1.165) is 31.4 Å². The molecule has 4 heteroatoms. The van der Waals surface area contributed by atoms with Crippen LogP contribution in [0, 0.1) is 6.92 Å². The predicted molar refractivity (Wildman–Crippen MR) is 68.9 cm³/mol. The van der Waals surface area contributed by atoms with Gasteiger partial charge in [0.1, 0.15) is 0 Å². The van der Waals surface area contributed by atoms with Gasteiger partial charge in [-0.15, -0.1) is 0 Å². The number of hydrogen-bond donors (Lipinski definition) is 1. The largest absolute Gasteiger partial charge is 0.313 e. The number of sulfone groups is 1. The zero-order valence-corrected chi connectivity index (χ0v) is 11.0. The highest BCUT2D eigenvalue weighted by Gasteiger charge is 2.22. The number of aryl methyl sites for hydroxylation is 1. The van der Waals surface area contributed by atoms with Gasteiger partial charge in [-0.2, -0.15) is 0 Å². The summed E-state index contributed by atoms with van der Waals surface area (Å²) in [5, 5.41) is 3.28. The lowest BCUT2D eigenvalue weighted by atomic mass is 10.1. The highest BCUT2D eigenvalue weighted by molar-refractivity contribution is 7.91. The number of rotatable bonds is 3. The molecule has 1 heterocycles. The average molecular weight is 253 g/mol. The second-order valence-electron chi connectivity index (χ2n) is 4.74. The van der Waals surface area contributed by atoms with Crippen LogP contribution in [-0.4, -0.2) is 26.8 Å². The first-order chi connectivity index (χ1) is 8.08. The molecule has 1 fully saturated rings. The van der Waals surface area contributed by atoms with E-state index in [2.05, 4.69) is 5.32 Å². The van der Waals surface area contributed by atoms with Crippen molar-refractivity contribution >= 4 is 9.84 Å². The maximum atomic E-state index is 12.2. The van der Waals surface area contributed by atoms with Crippen molar-refractivity contribution in [2.45, 2.75) is 37.1 Å². The molecule has 0 saturated carbocycles. The fraction of sp³-hybridized carbons (Fsp3) is 0.538. The molecule has 1 unspecified atom stereocenters. The number of hydrogen-bond acceptors (Lipinski definition) is 3. The van der Waals surface area contributed by atoms with Crippen molar-refractivity contribution in [3.05, 3.63) is 29.8 Å². The Bertz CT molecular complexity index is 476. The quantitative estimate of drug-likeness (QED) is 0.895. The van der Waals surface area contributed by atoms with E-state index in [0.29, 0.717) is 4.90 Å². The minimum atomic E-state index is -3.14. The van der Waals surface area contributed by atoms with Crippen LogP contribution in [0.25, 0.3) is 0 Å². The highest BCUT2D eigenvalue weighted by Crippen LogP contribution is 2.16. The second kappa shape index (κ2) is 5.19. The molecule has 0 aliphatic carbocycles. The van der Waals surface area contributed by atoms with Crippen LogP contribution in [0.15, 0.2) is 29.2 Å². The molecule has 1 aliphatic rings. The Morgan fingerprint density at radius 2 is 2.18 bits per heavy atom. The van der Waals surface area contributed by atoms with Crippen molar-refractivity contribution < 1.29 is 8.42 Å². The van der Waals surface area contributed by atoms with Gasteiger partial charge in [-0.3, -0.25) is 0 Å². The molecule has 1 atom stereocenters. The summed E-state index contributed by atoms with van der Waals surface area (Å²) in [7, 11) is -3.14. The first-order valence-electron chi connectivity index (χ1n) is 6.11. The topological polar surface area (TPSA) is 46.2 Å². The van der Waals surface area contributed by atoms with E-state index in [4.69, 9.17) is 0 Å². The molecule has 0 radical (unpaired) electrons. The molecule has 0 spiro atoms. The summed E-state index contributed by atoms with van der Waals surface area (Å²) in [6.45, 7) is 2.85. The van der Waals surface area contributed by atoms with Gasteiger partial charge in [0.2, 0.25) is 0 Å². The van der Waals surface area contributed by atoms with Gasteiger partial charge >= 0.3 is 0 Å². The second-order valence-corrected chi connectivity index (χ2v) is 6.78. The van der Waals surface area contributed by atoms with Crippen LogP contribution in [-0.2, 0) is 9.84 Å². The maximum Gasteiger partial charge on any atom is 0.179 e. The lowest BCUT2D eigenvalue weighted by Gasteiger charge is -2.23. The van der Waals surface area contributed by atoms with Crippen LogP contribution in [0.4, 0.5) is 0 Å². The Hall–Kier alpha value is -0.870. The van der Waals surface area contributed by atoms with Gasteiger partial charge in [-0.25, -0.2) is 8.42 Å². The Morgan fingerprint density at radius 1 is 1.35 bits per heavy atom. The zero-order valence-electron chi connectivity index (χ0n) is 10.1. The molecule has 0 aromatic heterocycles. The Labute approximate surface area is 103 Å². The molecule has 1 aromatic carbocycles. The SMILES string of the molecule is Cc1cccc(S(=O)(=O)CC2CCCCN2)c1. The van der Waals surface area contributed by atoms with Gasteiger partial charge in [0.15, 0.2) is 9.84 Å². The summed E-state index contributed by atoms with van der Waals surface area (Å²) in [6, 6.07) is 7.27. The first kappa shape index (κ1) is 12.6. The van der Waals surface area contributed by atoms with Crippen molar-refractivity contribution in [2.75, 3.05) is 12.3 Å². The van der Waals surface area contributed by atoms with Gasteiger partial charge in [-0.1, -0.05) is 18.6 Å². The smallest absolute Gasteiger partial charge is 0.179 e. The third kappa shape index (κ3) is 3.30. The zero-order chi connectivity index (χ0) is 12.3. The van der Waals surface area contributed by atoms with Gasteiger partial charge in [0.05, 0.1) is 10.6 Å². The van der Waals surface area contributed by atoms with E-state index in [-0.39, 0.29) is 11.8 Å². The van der Waals surface area contributed by atoms with E-state index in [1.165, 1.54) is 0 Å². The molecule has 3 nitrogen and oxygen atoms in total. The minimum Gasteiger partial charge on any atom is -0.313 e. The number of piperidine rings is 1. The Kier molecular flexibility index (Phi) is 3.84. The lowest BCUT2D eigenvalue weighted by Crippen LogP contribution is -2.39. The molecule has 1 saturated heterocycles. The van der Waals surface area contributed by atoms with Crippen LogP contribution in [0.2, 0.25) is 0 Å². The summed E-state index contributed by atoms with van der Waals surface area (Å²) in [5.41, 5.74) is 0.989. The van der Waals surface area contributed by atoms with E-state index >= 15 is 0 Å². The van der Waals surface area contributed by atoms with Crippen molar-refractivity contribution in [3.63, 3.8) is 0 Å². The van der Waals surface area contributed by atoms with Crippen molar-refractivity contribution in [3.8, 4) is 0 Å². The van der Waals surface area contributed by atoms with E-state index < -0.39 is 9.84 Å². The summed E-state index contributed by atoms with van der Waals surface area (Å²) in [5.74, 6) is 0.219. The normalized spacial score (nSPS) is 21.4. The van der Waals surface area contributed by atoms with Crippen LogP contribution in [0.3, 0.4) is 0 Å². The maximum absolute atomic E-state index is 12.2. The Balaban J connectivity index is 2.13. The standard InChI is InChI=1S/C13H19NO2S/c1-11-5-4-7-13(9-11)17(15,16)10-12-6-2-3-8-14-12/h4-5,7,9,12,14H,2-3,6,8,10H2,1H3. The Morgan fingerprint density at radius 3 is 2.82 bits per heavy atom. The first-order valence-corrected chi connectivity index (χ1v) is 7.76. The van der Waals surface area contributed by atoms with Crippen LogP contribution in [0.1, 0.15) is 24.8 Å². The van der Waals surface area contributed by atoms with Crippen LogP contribution < -0.4 is 5.32 Å². The highest BCUT2D eigenvalue weighted by atomic mass is 32.2. The third-order valence-corrected chi connectivity index (χ3v) is 4.99.